The van der Waals surface area contributed by atoms with Crippen LogP contribution < -0.4 is 0 Å². The van der Waals surface area contributed by atoms with Crippen molar-refractivity contribution in [3.05, 3.63) is 34.3 Å². The largest absolute Gasteiger partial charge is 0.478 e. The van der Waals surface area contributed by atoms with E-state index in [0.717, 1.165) is 29.8 Å². The second-order valence-electron chi connectivity index (χ2n) is 5.65. The molecule has 0 saturated heterocycles. The van der Waals surface area contributed by atoms with Gasteiger partial charge in [0.05, 0.1) is 11.5 Å². The Morgan fingerprint density at radius 2 is 1.94 bits per heavy atom. The number of nitrogens with zero attached hydrogens (tertiary/aromatic N) is 1. The summed E-state index contributed by atoms with van der Waals surface area (Å²) in [7, 11) is 0. The van der Waals surface area contributed by atoms with Crippen molar-refractivity contribution in [3.63, 3.8) is 0 Å². The van der Waals surface area contributed by atoms with Gasteiger partial charge in [0, 0.05) is 4.47 Å². The summed E-state index contributed by atoms with van der Waals surface area (Å²) in [5, 5.41) is 0. The molecule has 0 bridgehead atoms. The zero-order chi connectivity index (χ0) is 12.8. The summed E-state index contributed by atoms with van der Waals surface area (Å²) in [6.45, 7) is 5.17. The van der Waals surface area contributed by atoms with Gasteiger partial charge in [0.25, 0.3) is 0 Å². The molecule has 1 heterocycles. The minimum Gasteiger partial charge on any atom is -0.478 e. The number of halogens is 1. The minimum absolute atomic E-state index is 0.0876. The molecule has 1 fully saturated rings. The highest BCUT2D eigenvalue weighted by atomic mass is 79.9. The SMILES string of the molecule is CC(C)[C@H]1COC(C2(c3ccc(Br)cc3)CC2)=N1. The normalized spacial score (nSPS) is 24.9. The standard InChI is InChI=1S/C15H18BrNO/c1-10(2)13-9-18-14(17-13)15(7-8-15)11-3-5-12(16)6-4-11/h3-6,10,13H,7-9H2,1-2H3/t13-/m1/s1. The zero-order valence-electron chi connectivity index (χ0n) is 10.8. The molecule has 3 rings (SSSR count). The quantitative estimate of drug-likeness (QED) is 0.829. The number of aliphatic imine (C=N–C) groups is 1. The number of hydrogen-bond donors (Lipinski definition) is 0. The van der Waals surface area contributed by atoms with Crippen molar-refractivity contribution >= 4 is 21.8 Å². The van der Waals surface area contributed by atoms with E-state index in [1.165, 1.54) is 5.56 Å². The molecule has 0 radical (unpaired) electrons. The number of benzene rings is 1. The molecular weight excluding hydrogens is 290 g/mol. The number of hydrogen-bond acceptors (Lipinski definition) is 2. The Labute approximate surface area is 117 Å². The van der Waals surface area contributed by atoms with Crippen LogP contribution in [0.2, 0.25) is 0 Å². The number of ether oxygens (including phenoxy) is 1. The van der Waals surface area contributed by atoms with Crippen LogP contribution >= 0.6 is 15.9 Å². The minimum atomic E-state index is 0.0876. The molecule has 0 unspecified atom stereocenters. The lowest BCUT2D eigenvalue weighted by atomic mass is 9.96. The average Bonchev–Trinajstić information content (AvgIpc) is 3.00. The predicted octanol–water partition coefficient (Wildman–Crippen LogP) is 3.93. The van der Waals surface area contributed by atoms with Gasteiger partial charge in [-0.05, 0) is 36.5 Å². The van der Waals surface area contributed by atoms with Gasteiger partial charge in [-0.2, -0.15) is 0 Å². The van der Waals surface area contributed by atoms with Gasteiger partial charge in [-0.15, -0.1) is 0 Å². The van der Waals surface area contributed by atoms with E-state index in [-0.39, 0.29) is 5.41 Å². The van der Waals surface area contributed by atoms with E-state index < -0.39 is 0 Å². The smallest absolute Gasteiger partial charge is 0.194 e. The highest BCUT2D eigenvalue weighted by Gasteiger charge is 2.52. The first-order chi connectivity index (χ1) is 8.62. The summed E-state index contributed by atoms with van der Waals surface area (Å²) >= 11 is 3.48. The third-order valence-electron chi connectivity index (χ3n) is 4.00. The van der Waals surface area contributed by atoms with E-state index in [0.29, 0.717) is 12.0 Å². The fourth-order valence-electron chi connectivity index (χ4n) is 2.51. The van der Waals surface area contributed by atoms with E-state index in [4.69, 9.17) is 9.73 Å². The average molecular weight is 308 g/mol. The van der Waals surface area contributed by atoms with Gasteiger partial charge in [0.2, 0.25) is 0 Å². The van der Waals surface area contributed by atoms with Crippen molar-refractivity contribution in [2.24, 2.45) is 10.9 Å². The molecule has 1 atom stereocenters. The summed E-state index contributed by atoms with van der Waals surface area (Å²) in [6.07, 6.45) is 2.33. The second-order valence-corrected chi connectivity index (χ2v) is 6.56. The molecule has 1 aliphatic carbocycles. The van der Waals surface area contributed by atoms with Gasteiger partial charge < -0.3 is 4.74 Å². The maximum Gasteiger partial charge on any atom is 0.194 e. The molecule has 0 aromatic heterocycles. The third kappa shape index (κ3) is 1.99. The Morgan fingerprint density at radius 3 is 2.44 bits per heavy atom. The molecule has 3 heteroatoms. The molecule has 1 saturated carbocycles. The van der Waals surface area contributed by atoms with Gasteiger partial charge in [-0.25, -0.2) is 4.99 Å². The predicted molar refractivity (Wildman–Crippen MR) is 77.1 cm³/mol. The molecule has 2 nitrogen and oxygen atoms in total. The van der Waals surface area contributed by atoms with Crippen LogP contribution in [-0.4, -0.2) is 18.5 Å². The fraction of sp³-hybridized carbons (Fsp3) is 0.533. The third-order valence-corrected chi connectivity index (χ3v) is 4.53. The van der Waals surface area contributed by atoms with Crippen molar-refractivity contribution in [3.8, 4) is 0 Å². The molecular formula is C15H18BrNO. The Morgan fingerprint density at radius 1 is 1.28 bits per heavy atom. The van der Waals surface area contributed by atoms with Gasteiger partial charge in [0.1, 0.15) is 6.61 Å². The van der Waals surface area contributed by atoms with Gasteiger partial charge in [-0.1, -0.05) is 41.9 Å². The maximum absolute atomic E-state index is 5.88. The van der Waals surface area contributed by atoms with Crippen molar-refractivity contribution in [1.82, 2.24) is 0 Å². The van der Waals surface area contributed by atoms with Crippen LogP contribution in [0.5, 0.6) is 0 Å². The first-order valence-corrected chi connectivity index (χ1v) is 7.38. The summed E-state index contributed by atoms with van der Waals surface area (Å²) in [5.74, 6) is 1.53. The molecule has 1 aliphatic heterocycles. The zero-order valence-corrected chi connectivity index (χ0v) is 12.4. The molecule has 2 aliphatic rings. The summed E-state index contributed by atoms with van der Waals surface area (Å²) < 4.78 is 7.00. The van der Waals surface area contributed by atoms with Crippen LogP contribution in [0.15, 0.2) is 33.7 Å². The molecule has 18 heavy (non-hydrogen) atoms. The van der Waals surface area contributed by atoms with E-state index in [1.54, 1.807) is 0 Å². The highest BCUT2D eigenvalue weighted by molar-refractivity contribution is 9.10. The topological polar surface area (TPSA) is 21.6 Å². The van der Waals surface area contributed by atoms with Gasteiger partial charge in [0.15, 0.2) is 5.90 Å². The van der Waals surface area contributed by atoms with Gasteiger partial charge >= 0.3 is 0 Å². The maximum atomic E-state index is 5.88. The monoisotopic (exact) mass is 307 g/mol. The lowest BCUT2D eigenvalue weighted by Gasteiger charge is -2.15. The Kier molecular flexibility index (Phi) is 2.97. The van der Waals surface area contributed by atoms with Crippen molar-refractivity contribution in [1.29, 1.82) is 0 Å². The van der Waals surface area contributed by atoms with E-state index in [2.05, 4.69) is 54.0 Å². The fourth-order valence-corrected chi connectivity index (χ4v) is 2.78. The molecule has 1 aromatic carbocycles. The summed E-state index contributed by atoms with van der Waals surface area (Å²) in [6, 6.07) is 8.92. The summed E-state index contributed by atoms with van der Waals surface area (Å²) in [4.78, 5) is 4.80. The van der Waals surface area contributed by atoms with Crippen molar-refractivity contribution in [2.45, 2.75) is 38.1 Å². The van der Waals surface area contributed by atoms with Crippen LogP contribution in [0.25, 0.3) is 0 Å². The van der Waals surface area contributed by atoms with Gasteiger partial charge in [-0.3, -0.25) is 0 Å². The lowest BCUT2D eigenvalue weighted by molar-refractivity contribution is 0.281. The van der Waals surface area contributed by atoms with Crippen LogP contribution in [0, 0.1) is 5.92 Å². The Balaban J connectivity index is 1.88. The summed E-state index contributed by atoms with van der Waals surface area (Å²) in [5.41, 5.74) is 1.43. The highest BCUT2D eigenvalue weighted by Crippen LogP contribution is 2.51. The first kappa shape index (κ1) is 12.2. The van der Waals surface area contributed by atoms with E-state index >= 15 is 0 Å². The molecule has 0 amide bonds. The van der Waals surface area contributed by atoms with E-state index in [9.17, 15) is 0 Å². The van der Waals surface area contributed by atoms with Crippen LogP contribution in [0.1, 0.15) is 32.3 Å². The van der Waals surface area contributed by atoms with Crippen molar-refractivity contribution < 1.29 is 4.74 Å². The lowest BCUT2D eigenvalue weighted by Crippen LogP contribution is -2.20. The Bertz CT molecular complexity index is 474. The van der Waals surface area contributed by atoms with Crippen LogP contribution in [0.3, 0.4) is 0 Å². The molecule has 96 valence electrons. The van der Waals surface area contributed by atoms with Crippen LogP contribution in [-0.2, 0) is 10.2 Å². The molecule has 1 aromatic rings. The van der Waals surface area contributed by atoms with Crippen molar-refractivity contribution in [2.75, 3.05) is 6.61 Å². The van der Waals surface area contributed by atoms with E-state index in [1.807, 2.05) is 0 Å². The number of rotatable bonds is 3. The van der Waals surface area contributed by atoms with Crippen LogP contribution in [0.4, 0.5) is 0 Å². The molecule has 0 N–H and O–H groups in total. The second kappa shape index (κ2) is 4.37. The molecule has 0 spiro atoms. The first-order valence-electron chi connectivity index (χ1n) is 6.59. The Hall–Kier alpha value is -0.830.